The fourth-order valence-corrected chi connectivity index (χ4v) is 3.55. The summed E-state index contributed by atoms with van der Waals surface area (Å²) in [7, 11) is 0. The van der Waals surface area contributed by atoms with Gasteiger partial charge < -0.3 is 4.74 Å². The summed E-state index contributed by atoms with van der Waals surface area (Å²) in [5, 5.41) is 0. The first-order valence-electron chi connectivity index (χ1n) is 7.84. The lowest BCUT2D eigenvalue weighted by Gasteiger charge is -2.25. The number of aryl methyl sites for hydroxylation is 1. The van der Waals surface area contributed by atoms with E-state index in [1.807, 2.05) is 38.4 Å². The number of hydrogen-bond acceptors (Lipinski definition) is 4. The van der Waals surface area contributed by atoms with Gasteiger partial charge in [-0.3, -0.25) is 9.71 Å². The molecule has 1 N–H and O–H groups in total. The molecule has 0 bridgehead atoms. The van der Waals surface area contributed by atoms with E-state index < -0.39 is 0 Å². The molecule has 0 fully saturated rings. The molecule has 0 saturated heterocycles. The molecule has 4 heteroatoms. The minimum absolute atomic E-state index is 0.212. The Balaban J connectivity index is 1.61. The highest BCUT2D eigenvalue weighted by atomic mass is 32.2. The number of hydrogen-bond donors (Lipinski definition) is 1. The fourth-order valence-electron chi connectivity index (χ4n) is 2.76. The van der Waals surface area contributed by atoms with Crippen LogP contribution in [-0.2, 0) is 6.42 Å². The van der Waals surface area contributed by atoms with Crippen LogP contribution < -0.4 is 9.46 Å². The Kier molecular flexibility index (Phi) is 5.01. The third-order valence-electron chi connectivity index (χ3n) is 3.77. The van der Waals surface area contributed by atoms with Crippen LogP contribution in [0.4, 0.5) is 0 Å². The van der Waals surface area contributed by atoms with E-state index in [2.05, 4.69) is 27.9 Å². The molecular formula is C18H22N2OS. The van der Waals surface area contributed by atoms with E-state index in [-0.39, 0.29) is 6.10 Å². The monoisotopic (exact) mass is 314 g/mol. The molecule has 1 aliphatic carbocycles. The maximum Gasteiger partial charge on any atom is 0.119 e. The van der Waals surface area contributed by atoms with Crippen molar-refractivity contribution in [3.8, 4) is 5.75 Å². The van der Waals surface area contributed by atoms with Crippen LogP contribution >= 0.6 is 11.9 Å². The van der Waals surface area contributed by atoms with E-state index >= 15 is 0 Å². The summed E-state index contributed by atoms with van der Waals surface area (Å²) in [6, 6.07) is 10.8. The SMILES string of the molecule is CC(C)Oc1ccc(SNC2CCCc3cnccc32)cc1. The second kappa shape index (κ2) is 7.16. The van der Waals surface area contributed by atoms with Crippen molar-refractivity contribution in [1.29, 1.82) is 0 Å². The first kappa shape index (κ1) is 15.4. The summed E-state index contributed by atoms with van der Waals surface area (Å²) in [6.07, 6.45) is 7.65. The number of nitrogens with one attached hydrogen (secondary N) is 1. The van der Waals surface area contributed by atoms with Crippen molar-refractivity contribution in [2.75, 3.05) is 0 Å². The zero-order chi connectivity index (χ0) is 15.4. The predicted molar refractivity (Wildman–Crippen MR) is 91.1 cm³/mol. The summed E-state index contributed by atoms with van der Waals surface area (Å²) in [5.41, 5.74) is 2.78. The number of fused-ring (bicyclic) bond motifs is 1. The highest BCUT2D eigenvalue weighted by molar-refractivity contribution is 7.97. The summed E-state index contributed by atoms with van der Waals surface area (Å²) >= 11 is 1.69. The second-order valence-electron chi connectivity index (χ2n) is 5.88. The van der Waals surface area contributed by atoms with Crippen molar-refractivity contribution in [2.24, 2.45) is 0 Å². The molecule has 2 aromatic rings. The van der Waals surface area contributed by atoms with Gasteiger partial charge in [0.2, 0.25) is 0 Å². The number of pyridine rings is 1. The standard InChI is InChI=1S/C18H22N2OS/c1-13(2)21-15-6-8-16(9-7-15)22-20-18-5-3-4-14-12-19-11-10-17(14)18/h6-13,18,20H,3-5H2,1-2H3. The highest BCUT2D eigenvalue weighted by Crippen LogP contribution is 2.32. The molecule has 0 aliphatic heterocycles. The molecule has 1 aromatic carbocycles. The van der Waals surface area contributed by atoms with Gasteiger partial charge in [0.15, 0.2) is 0 Å². The van der Waals surface area contributed by atoms with Gasteiger partial charge in [0, 0.05) is 23.3 Å². The van der Waals surface area contributed by atoms with Gasteiger partial charge in [0.25, 0.3) is 0 Å². The maximum atomic E-state index is 5.67. The molecule has 0 amide bonds. The largest absolute Gasteiger partial charge is 0.491 e. The molecule has 0 saturated carbocycles. The molecule has 1 unspecified atom stereocenters. The number of benzene rings is 1. The van der Waals surface area contributed by atoms with Crippen molar-refractivity contribution in [2.45, 2.75) is 50.2 Å². The quantitative estimate of drug-likeness (QED) is 0.821. The van der Waals surface area contributed by atoms with Crippen LogP contribution in [0.3, 0.4) is 0 Å². The average Bonchev–Trinajstić information content (AvgIpc) is 2.54. The number of rotatable bonds is 5. The van der Waals surface area contributed by atoms with Gasteiger partial charge in [-0.15, -0.1) is 0 Å². The van der Waals surface area contributed by atoms with Crippen LogP contribution in [0.5, 0.6) is 5.75 Å². The van der Waals surface area contributed by atoms with Crippen LogP contribution in [0.15, 0.2) is 47.6 Å². The average molecular weight is 314 g/mol. The van der Waals surface area contributed by atoms with Crippen molar-refractivity contribution < 1.29 is 4.74 Å². The minimum Gasteiger partial charge on any atom is -0.491 e. The Labute approximate surface area is 136 Å². The van der Waals surface area contributed by atoms with Crippen molar-refractivity contribution in [3.63, 3.8) is 0 Å². The molecule has 1 atom stereocenters. The molecule has 1 aliphatic rings. The normalized spacial score (nSPS) is 17.3. The Bertz CT molecular complexity index is 613. The molecule has 0 spiro atoms. The van der Waals surface area contributed by atoms with Crippen LogP contribution in [0, 0.1) is 0 Å². The first-order valence-corrected chi connectivity index (χ1v) is 8.66. The van der Waals surface area contributed by atoms with E-state index in [4.69, 9.17) is 4.74 Å². The summed E-state index contributed by atoms with van der Waals surface area (Å²) in [5.74, 6) is 0.924. The molecule has 3 nitrogen and oxygen atoms in total. The lowest BCUT2D eigenvalue weighted by Crippen LogP contribution is -2.20. The molecule has 1 aromatic heterocycles. The highest BCUT2D eigenvalue weighted by Gasteiger charge is 2.19. The molecule has 1 heterocycles. The number of ether oxygens (including phenoxy) is 1. The molecular weight excluding hydrogens is 292 g/mol. The van der Waals surface area contributed by atoms with Gasteiger partial charge >= 0.3 is 0 Å². The van der Waals surface area contributed by atoms with Gasteiger partial charge in [-0.25, -0.2) is 0 Å². The van der Waals surface area contributed by atoms with Gasteiger partial charge in [0.1, 0.15) is 5.75 Å². The Morgan fingerprint density at radius 1 is 1.23 bits per heavy atom. The van der Waals surface area contributed by atoms with Gasteiger partial charge in [-0.2, -0.15) is 0 Å². The van der Waals surface area contributed by atoms with Gasteiger partial charge in [0.05, 0.1) is 6.10 Å². The molecule has 0 radical (unpaired) electrons. The van der Waals surface area contributed by atoms with Crippen molar-refractivity contribution >= 4 is 11.9 Å². The zero-order valence-electron chi connectivity index (χ0n) is 13.1. The van der Waals surface area contributed by atoms with E-state index in [0.29, 0.717) is 6.04 Å². The zero-order valence-corrected chi connectivity index (χ0v) is 13.9. The number of nitrogens with zero attached hydrogens (tertiary/aromatic N) is 1. The molecule has 3 rings (SSSR count). The third-order valence-corrected chi connectivity index (χ3v) is 4.68. The lowest BCUT2D eigenvalue weighted by atomic mass is 9.90. The summed E-state index contributed by atoms with van der Waals surface area (Å²) < 4.78 is 9.28. The van der Waals surface area contributed by atoms with Crippen molar-refractivity contribution in [1.82, 2.24) is 9.71 Å². The Morgan fingerprint density at radius 3 is 2.82 bits per heavy atom. The third kappa shape index (κ3) is 3.81. The van der Waals surface area contributed by atoms with E-state index in [0.717, 1.165) is 12.2 Å². The number of aromatic nitrogens is 1. The van der Waals surface area contributed by atoms with E-state index in [1.54, 1.807) is 11.9 Å². The molecule has 22 heavy (non-hydrogen) atoms. The lowest BCUT2D eigenvalue weighted by molar-refractivity contribution is 0.242. The smallest absolute Gasteiger partial charge is 0.119 e. The van der Waals surface area contributed by atoms with Gasteiger partial charge in [-0.1, -0.05) is 0 Å². The summed E-state index contributed by atoms with van der Waals surface area (Å²) in [4.78, 5) is 5.44. The van der Waals surface area contributed by atoms with Gasteiger partial charge in [-0.05, 0) is 86.5 Å². The second-order valence-corrected chi connectivity index (χ2v) is 6.79. The molecule has 116 valence electrons. The van der Waals surface area contributed by atoms with Crippen molar-refractivity contribution in [3.05, 3.63) is 53.9 Å². The van der Waals surface area contributed by atoms with Crippen LogP contribution in [0.1, 0.15) is 43.9 Å². The van der Waals surface area contributed by atoms with Crippen LogP contribution in [0.2, 0.25) is 0 Å². The Hall–Kier alpha value is -1.52. The fraction of sp³-hybridized carbons (Fsp3) is 0.389. The Morgan fingerprint density at radius 2 is 2.05 bits per heavy atom. The van der Waals surface area contributed by atoms with Crippen LogP contribution in [0.25, 0.3) is 0 Å². The van der Waals surface area contributed by atoms with E-state index in [9.17, 15) is 0 Å². The minimum atomic E-state index is 0.212. The topological polar surface area (TPSA) is 34.1 Å². The predicted octanol–water partition coefficient (Wildman–Crippen LogP) is 4.54. The van der Waals surface area contributed by atoms with Crippen LogP contribution in [-0.4, -0.2) is 11.1 Å². The first-order chi connectivity index (χ1) is 10.7. The van der Waals surface area contributed by atoms with E-state index in [1.165, 1.54) is 28.9 Å². The summed E-state index contributed by atoms with van der Waals surface area (Å²) in [6.45, 7) is 4.08. The maximum absolute atomic E-state index is 5.67.